The molecule has 112 valence electrons. The predicted octanol–water partition coefficient (Wildman–Crippen LogP) is 4.15. The van der Waals surface area contributed by atoms with Crippen LogP contribution in [0.3, 0.4) is 0 Å². The summed E-state index contributed by atoms with van der Waals surface area (Å²) in [5.41, 5.74) is -2.55. The number of hydrogen-bond acceptors (Lipinski definition) is 2. The second-order valence-electron chi connectivity index (χ2n) is 4.61. The minimum absolute atomic E-state index is 0.00350. The molecule has 2 rings (SSSR count). The first-order valence-electron chi connectivity index (χ1n) is 5.85. The van der Waals surface area contributed by atoms with Gasteiger partial charge in [-0.2, -0.15) is 13.2 Å². The molecule has 1 atom stereocenters. The highest BCUT2D eigenvalue weighted by molar-refractivity contribution is 6.30. The monoisotopic (exact) mass is 319 g/mol. The van der Waals surface area contributed by atoms with Gasteiger partial charge in [-0.3, -0.25) is 0 Å². The van der Waals surface area contributed by atoms with Crippen LogP contribution in [0.2, 0.25) is 5.15 Å². The Hall–Kier alpha value is -1.66. The van der Waals surface area contributed by atoms with Crippen LogP contribution >= 0.6 is 11.6 Å². The van der Waals surface area contributed by atoms with Gasteiger partial charge >= 0.3 is 6.18 Å². The molecule has 2 nitrogen and oxygen atoms in total. The Kier molecular flexibility index (Phi) is 3.95. The van der Waals surface area contributed by atoms with Crippen LogP contribution in [0.1, 0.15) is 23.7 Å². The van der Waals surface area contributed by atoms with E-state index in [1.54, 1.807) is 0 Å². The van der Waals surface area contributed by atoms with Crippen molar-refractivity contribution in [3.63, 3.8) is 0 Å². The average molecular weight is 320 g/mol. The number of benzene rings is 1. The second-order valence-corrected chi connectivity index (χ2v) is 4.97. The molecule has 1 heterocycles. The van der Waals surface area contributed by atoms with E-state index in [1.807, 2.05) is 0 Å². The fourth-order valence-corrected chi connectivity index (χ4v) is 2.22. The average Bonchev–Trinajstić information content (AvgIpc) is 2.37. The molecule has 0 bridgehead atoms. The Labute approximate surface area is 123 Å². The van der Waals surface area contributed by atoms with Crippen LogP contribution < -0.4 is 0 Å². The van der Waals surface area contributed by atoms with Crippen LogP contribution in [0, 0.1) is 5.82 Å². The molecule has 1 N–H and O–H groups in total. The molecule has 1 unspecified atom stereocenters. The molecule has 0 saturated carbocycles. The third kappa shape index (κ3) is 3.16. The lowest BCUT2D eigenvalue weighted by molar-refractivity contribution is -0.141. The molecule has 0 aliphatic rings. The van der Waals surface area contributed by atoms with Crippen molar-refractivity contribution in [1.82, 2.24) is 4.98 Å². The van der Waals surface area contributed by atoms with Crippen LogP contribution in [0.25, 0.3) is 0 Å². The Balaban J connectivity index is 2.47. The van der Waals surface area contributed by atoms with Crippen molar-refractivity contribution < 1.29 is 22.7 Å². The first kappa shape index (κ1) is 15.7. The molecule has 1 aromatic heterocycles. The van der Waals surface area contributed by atoms with Gasteiger partial charge in [0, 0.05) is 5.56 Å². The number of pyridine rings is 1. The van der Waals surface area contributed by atoms with Crippen LogP contribution in [0.15, 0.2) is 36.4 Å². The Morgan fingerprint density at radius 2 is 1.62 bits per heavy atom. The molecule has 0 fully saturated rings. The lowest BCUT2D eigenvalue weighted by Crippen LogP contribution is -2.24. The summed E-state index contributed by atoms with van der Waals surface area (Å²) in [4.78, 5) is 3.26. The Morgan fingerprint density at radius 1 is 1.05 bits per heavy atom. The molecule has 2 aromatic rings. The maximum absolute atomic E-state index is 12.9. The fraction of sp³-hybridized carbons (Fsp3) is 0.214. The van der Waals surface area contributed by atoms with E-state index in [2.05, 4.69) is 4.98 Å². The van der Waals surface area contributed by atoms with Gasteiger partial charge in [0.05, 0.1) is 0 Å². The van der Waals surface area contributed by atoms with Crippen molar-refractivity contribution in [2.24, 2.45) is 0 Å². The lowest BCUT2D eigenvalue weighted by atomic mass is 9.89. The van der Waals surface area contributed by atoms with Crippen LogP contribution in [0.5, 0.6) is 0 Å². The normalized spacial score (nSPS) is 14.8. The molecule has 0 aliphatic carbocycles. The molecule has 0 spiro atoms. The number of hydrogen-bond donors (Lipinski definition) is 1. The van der Waals surface area contributed by atoms with E-state index in [0.717, 1.165) is 24.3 Å². The zero-order valence-corrected chi connectivity index (χ0v) is 11.5. The highest BCUT2D eigenvalue weighted by Gasteiger charge is 2.35. The third-order valence-corrected chi connectivity index (χ3v) is 3.36. The number of aromatic nitrogens is 1. The van der Waals surface area contributed by atoms with Crippen LogP contribution in [-0.4, -0.2) is 10.1 Å². The van der Waals surface area contributed by atoms with E-state index < -0.39 is 28.4 Å². The Bertz CT molecular complexity index is 653. The van der Waals surface area contributed by atoms with Crippen LogP contribution in [-0.2, 0) is 11.8 Å². The van der Waals surface area contributed by atoms with Gasteiger partial charge in [-0.15, -0.1) is 0 Å². The molecule has 7 heteroatoms. The van der Waals surface area contributed by atoms with Crippen molar-refractivity contribution in [2.45, 2.75) is 18.7 Å². The van der Waals surface area contributed by atoms with Crippen molar-refractivity contribution in [3.05, 3.63) is 64.2 Å². The molecular formula is C14H10ClF4NO. The minimum Gasteiger partial charge on any atom is -0.381 e. The third-order valence-electron chi connectivity index (χ3n) is 3.07. The second kappa shape index (κ2) is 5.27. The number of halogens is 5. The molecule has 0 saturated heterocycles. The maximum atomic E-state index is 12.9. The quantitative estimate of drug-likeness (QED) is 0.666. The predicted molar refractivity (Wildman–Crippen MR) is 69.3 cm³/mol. The maximum Gasteiger partial charge on any atom is 0.433 e. The summed E-state index contributed by atoms with van der Waals surface area (Å²) >= 11 is 5.76. The molecule has 1 aromatic carbocycles. The first-order chi connectivity index (χ1) is 9.62. The Morgan fingerprint density at radius 3 is 2.10 bits per heavy atom. The van der Waals surface area contributed by atoms with E-state index >= 15 is 0 Å². The van der Waals surface area contributed by atoms with Gasteiger partial charge in [-0.05, 0) is 30.7 Å². The van der Waals surface area contributed by atoms with Gasteiger partial charge in [-0.1, -0.05) is 29.8 Å². The van der Waals surface area contributed by atoms with E-state index in [0.29, 0.717) is 0 Å². The summed E-state index contributed by atoms with van der Waals surface area (Å²) in [6.45, 7) is 1.34. The molecule has 0 amide bonds. The summed E-state index contributed by atoms with van der Waals surface area (Å²) in [7, 11) is 0. The number of alkyl halides is 3. The summed E-state index contributed by atoms with van der Waals surface area (Å²) in [6, 6.07) is 6.71. The highest BCUT2D eigenvalue weighted by atomic mass is 35.5. The van der Waals surface area contributed by atoms with Gasteiger partial charge in [0.1, 0.15) is 22.3 Å². The van der Waals surface area contributed by atoms with Crippen LogP contribution in [0.4, 0.5) is 17.6 Å². The number of nitrogens with zero attached hydrogens (tertiary/aromatic N) is 1. The van der Waals surface area contributed by atoms with Gasteiger partial charge in [0.25, 0.3) is 0 Å². The molecule has 0 aliphatic heterocycles. The van der Waals surface area contributed by atoms with Gasteiger partial charge in [-0.25, -0.2) is 9.37 Å². The van der Waals surface area contributed by atoms with Gasteiger partial charge < -0.3 is 5.11 Å². The summed E-state index contributed by atoms with van der Waals surface area (Å²) in [5.74, 6) is -0.494. The first-order valence-corrected chi connectivity index (χ1v) is 6.23. The van der Waals surface area contributed by atoms with Gasteiger partial charge in [0.2, 0.25) is 0 Å². The number of rotatable bonds is 2. The van der Waals surface area contributed by atoms with E-state index in [9.17, 15) is 22.7 Å². The summed E-state index contributed by atoms with van der Waals surface area (Å²) < 4.78 is 50.5. The fourth-order valence-electron chi connectivity index (χ4n) is 1.89. The van der Waals surface area contributed by atoms with Crippen molar-refractivity contribution >= 4 is 11.6 Å². The van der Waals surface area contributed by atoms with E-state index in [1.165, 1.54) is 19.1 Å². The molecular weight excluding hydrogens is 310 g/mol. The summed E-state index contributed by atoms with van der Waals surface area (Å²) in [5, 5.41) is 10.0. The standard InChI is InChI=1S/C14H10ClF4NO/c1-13(21,8-2-4-9(16)5-3-8)10-6-7-11(14(17,18)19)20-12(10)15/h2-7,21H,1H3. The largest absolute Gasteiger partial charge is 0.433 e. The van der Waals surface area contributed by atoms with E-state index in [4.69, 9.17) is 11.6 Å². The van der Waals surface area contributed by atoms with E-state index in [-0.39, 0.29) is 11.1 Å². The molecule has 21 heavy (non-hydrogen) atoms. The zero-order chi connectivity index (χ0) is 15.8. The van der Waals surface area contributed by atoms with Crippen molar-refractivity contribution in [1.29, 1.82) is 0 Å². The zero-order valence-electron chi connectivity index (χ0n) is 10.7. The topological polar surface area (TPSA) is 33.1 Å². The van der Waals surface area contributed by atoms with Crippen molar-refractivity contribution in [3.8, 4) is 0 Å². The highest BCUT2D eigenvalue weighted by Crippen LogP contribution is 2.36. The minimum atomic E-state index is -4.62. The van der Waals surface area contributed by atoms with Gasteiger partial charge in [0.15, 0.2) is 0 Å². The summed E-state index contributed by atoms with van der Waals surface area (Å²) in [6.07, 6.45) is -4.62. The smallest absolute Gasteiger partial charge is 0.381 e. The molecule has 0 radical (unpaired) electrons. The lowest BCUT2D eigenvalue weighted by Gasteiger charge is -2.25. The van der Waals surface area contributed by atoms with Crippen molar-refractivity contribution in [2.75, 3.05) is 0 Å². The SMILES string of the molecule is CC(O)(c1ccc(F)cc1)c1ccc(C(F)(F)F)nc1Cl. The number of aliphatic hydroxyl groups is 1.